The summed E-state index contributed by atoms with van der Waals surface area (Å²) in [5.74, 6) is 1.32. The molecule has 1 N–H and O–H groups in total. The van der Waals surface area contributed by atoms with Gasteiger partial charge in [-0.3, -0.25) is 0 Å². The van der Waals surface area contributed by atoms with Crippen molar-refractivity contribution in [3.8, 4) is 0 Å². The normalized spacial score (nSPS) is 13.5. The fourth-order valence-corrected chi connectivity index (χ4v) is 3.79. The lowest BCUT2D eigenvalue weighted by Gasteiger charge is -2.14. The summed E-state index contributed by atoms with van der Waals surface area (Å²) in [6.45, 7) is 3.87. The molecular weight excluding hydrogens is 353 g/mol. The maximum Gasteiger partial charge on any atom is 0.240 e. The van der Waals surface area contributed by atoms with Crippen molar-refractivity contribution >= 4 is 37.7 Å². The number of benzene rings is 1. The Morgan fingerprint density at radius 3 is 2.74 bits per heavy atom. The minimum absolute atomic E-state index is 0.0526. The van der Waals surface area contributed by atoms with Crippen molar-refractivity contribution in [3.05, 3.63) is 28.5 Å². The second-order valence-corrected chi connectivity index (χ2v) is 8.05. The van der Waals surface area contributed by atoms with E-state index >= 15 is 0 Å². The lowest BCUT2D eigenvalue weighted by atomic mass is 10.3. The molecule has 0 saturated carbocycles. The quantitative estimate of drug-likeness (QED) is 0.749. The van der Waals surface area contributed by atoms with E-state index in [9.17, 15) is 12.8 Å². The van der Waals surface area contributed by atoms with Gasteiger partial charge in [0, 0.05) is 6.04 Å². The van der Waals surface area contributed by atoms with Gasteiger partial charge >= 0.3 is 0 Å². The minimum Gasteiger partial charge on any atom is -0.208 e. The van der Waals surface area contributed by atoms with Gasteiger partial charge in [0.25, 0.3) is 0 Å². The zero-order valence-corrected chi connectivity index (χ0v) is 14.0. The molecule has 1 rings (SSSR count). The van der Waals surface area contributed by atoms with E-state index in [0.717, 1.165) is 24.0 Å². The van der Waals surface area contributed by atoms with Gasteiger partial charge in [-0.1, -0.05) is 6.92 Å². The van der Waals surface area contributed by atoms with Crippen LogP contribution in [0.5, 0.6) is 0 Å². The molecule has 19 heavy (non-hydrogen) atoms. The standard InChI is InChI=1S/C12H17BrFNO2S2/c1-3-18-7-6-9(2)15-19(16,17)10-4-5-11(13)12(14)8-10/h4-5,8-9,15H,3,6-7H2,1-2H3. The number of sulfonamides is 1. The summed E-state index contributed by atoms with van der Waals surface area (Å²) in [5, 5.41) is 0. The van der Waals surface area contributed by atoms with Crippen LogP contribution < -0.4 is 4.72 Å². The second kappa shape index (κ2) is 7.61. The van der Waals surface area contributed by atoms with Gasteiger partial charge in [0.2, 0.25) is 10.0 Å². The van der Waals surface area contributed by atoms with Crippen LogP contribution in [0.4, 0.5) is 4.39 Å². The first-order chi connectivity index (χ1) is 8.86. The summed E-state index contributed by atoms with van der Waals surface area (Å²) in [6, 6.07) is 3.61. The zero-order valence-electron chi connectivity index (χ0n) is 10.8. The zero-order chi connectivity index (χ0) is 14.5. The lowest BCUT2D eigenvalue weighted by Crippen LogP contribution is -2.33. The van der Waals surface area contributed by atoms with E-state index in [4.69, 9.17) is 0 Å². The predicted octanol–water partition coefficient (Wildman–Crippen LogP) is 3.40. The molecule has 3 nitrogen and oxygen atoms in total. The van der Waals surface area contributed by atoms with Crippen LogP contribution in [-0.4, -0.2) is 26.0 Å². The topological polar surface area (TPSA) is 46.2 Å². The molecule has 0 aliphatic rings. The molecule has 0 radical (unpaired) electrons. The first-order valence-corrected chi connectivity index (χ1v) is 9.35. The van der Waals surface area contributed by atoms with E-state index in [2.05, 4.69) is 27.6 Å². The maximum atomic E-state index is 13.4. The molecule has 1 atom stereocenters. The number of nitrogens with one attached hydrogen (secondary N) is 1. The van der Waals surface area contributed by atoms with Crippen LogP contribution in [0.15, 0.2) is 27.6 Å². The fourth-order valence-electron chi connectivity index (χ4n) is 1.44. The van der Waals surface area contributed by atoms with E-state index < -0.39 is 15.8 Å². The van der Waals surface area contributed by atoms with Crippen molar-refractivity contribution in [1.82, 2.24) is 4.72 Å². The molecular formula is C12H17BrFNO2S2. The molecule has 0 saturated heterocycles. The van der Waals surface area contributed by atoms with Gasteiger partial charge in [0.1, 0.15) is 5.82 Å². The van der Waals surface area contributed by atoms with Gasteiger partial charge in [0.05, 0.1) is 9.37 Å². The van der Waals surface area contributed by atoms with Crippen LogP contribution in [0.3, 0.4) is 0 Å². The summed E-state index contributed by atoms with van der Waals surface area (Å²) >= 11 is 4.76. The van der Waals surface area contributed by atoms with Crippen LogP contribution in [0, 0.1) is 5.82 Å². The molecule has 1 aromatic carbocycles. The average Bonchev–Trinajstić information content (AvgIpc) is 2.32. The van der Waals surface area contributed by atoms with E-state index in [0.29, 0.717) is 0 Å². The van der Waals surface area contributed by atoms with Crippen LogP contribution in [0.1, 0.15) is 20.3 Å². The Labute approximate surface area is 126 Å². The fraction of sp³-hybridized carbons (Fsp3) is 0.500. The minimum atomic E-state index is -3.66. The third-order valence-corrected chi connectivity index (χ3v) is 5.62. The van der Waals surface area contributed by atoms with Crippen LogP contribution in [0.25, 0.3) is 0 Å². The van der Waals surface area contributed by atoms with Crippen LogP contribution in [-0.2, 0) is 10.0 Å². The molecule has 0 spiro atoms. The van der Waals surface area contributed by atoms with Crippen molar-refractivity contribution < 1.29 is 12.8 Å². The smallest absolute Gasteiger partial charge is 0.208 e. The van der Waals surface area contributed by atoms with Crippen LogP contribution in [0.2, 0.25) is 0 Å². The van der Waals surface area contributed by atoms with E-state index in [-0.39, 0.29) is 15.4 Å². The summed E-state index contributed by atoms with van der Waals surface area (Å²) in [7, 11) is -3.66. The number of thioether (sulfide) groups is 1. The van der Waals surface area contributed by atoms with E-state index in [1.165, 1.54) is 12.1 Å². The van der Waals surface area contributed by atoms with E-state index in [1.807, 2.05) is 6.92 Å². The van der Waals surface area contributed by atoms with Gasteiger partial charge in [0.15, 0.2) is 0 Å². The van der Waals surface area contributed by atoms with Gasteiger partial charge < -0.3 is 0 Å². The van der Waals surface area contributed by atoms with Crippen LogP contribution >= 0.6 is 27.7 Å². The molecule has 7 heteroatoms. The highest BCUT2D eigenvalue weighted by molar-refractivity contribution is 9.10. The molecule has 0 aliphatic carbocycles. The van der Waals surface area contributed by atoms with E-state index in [1.54, 1.807) is 11.8 Å². The first-order valence-electron chi connectivity index (χ1n) is 5.92. The van der Waals surface area contributed by atoms with Crippen molar-refractivity contribution in [1.29, 1.82) is 0 Å². The molecule has 0 aromatic heterocycles. The summed E-state index contributed by atoms with van der Waals surface area (Å²) in [6.07, 6.45) is 0.747. The SMILES string of the molecule is CCSCCC(C)NS(=O)(=O)c1ccc(Br)c(F)c1. The second-order valence-electron chi connectivity index (χ2n) is 4.08. The lowest BCUT2D eigenvalue weighted by molar-refractivity contribution is 0.554. The Balaban J connectivity index is 2.72. The molecule has 0 amide bonds. The Morgan fingerprint density at radius 2 is 2.16 bits per heavy atom. The Kier molecular flexibility index (Phi) is 6.79. The summed E-state index contributed by atoms with van der Waals surface area (Å²) in [5.41, 5.74) is 0. The predicted molar refractivity (Wildman–Crippen MR) is 81.5 cm³/mol. The van der Waals surface area contributed by atoms with Gasteiger partial charge in [-0.05, 0) is 59.0 Å². The number of halogens is 2. The Hall–Kier alpha value is -0.110. The van der Waals surface area contributed by atoms with Crippen molar-refractivity contribution in [2.24, 2.45) is 0 Å². The molecule has 0 heterocycles. The average molecular weight is 370 g/mol. The molecule has 108 valence electrons. The van der Waals surface area contributed by atoms with Crippen molar-refractivity contribution in [2.45, 2.75) is 31.2 Å². The third kappa shape index (κ3) is 5.41. The highest BCUT2D eigenvalue weighted by Crippen LogP contribution is 2.19. The molecule has 0 bridgehead atoms. The highest BCUT2D eigenvalue weighted by atomic mass is 79.9. The van der Waals surface area contributed by atoms with Crippen molar-refractivity contribution in [3.63, 3.8) is 0 Å². The Morgan fingerprint density at radius 1 is 1.47 bits per heavy atom. The summed E-state index contributed by atoms with van der Waals surface area (Å²) < 4.78 is 40.2. The van der Waals surface area contributed by atoms with Gasteiger partial charge in [-0.15, -0.1) is 0 Å². The van der Waals surface area contributed by atoms with Crippen molar-refractivity contribution in [2.75, 3.05) is 11.5 Å². The largest absolute Gasteiger partial charge is 0.240 e. The summed E-state index contributed by atoms with van der Waals surface area (Å²) in [4.78, 5) is -0.0526. The third-order valence-electron chi connectivity index (χ3n) is 2.46. The highest BCUT2D eigenvalue weighted by Gasteiger charge is 2.18. The maximum absolute atomic E-state index is 13.4. The molecule has 1 aromatic rings. The molecule has 0 fully saturated rings. The number of hydrogen-bond donors (Lipinski definition) is 1. The first kappa shape index (κ1) is 16.9. The van der Waals surface area contributed by atoms with Gasteiger partial charge in [-0.25, -0.2) is 17.5 Å². The van der Waals surface area contributed by atoms with Gasteiger partial charge in [-0.2, -0.15) is 11.8 Å². The number of hydrogen-bond acceptors (Lipinski definition) is 3. The monoisotopic (exact) mass is 369 g/mol. The molecule has 1 unspecified atom stereocenters. The Bertz CT molecular complexity index is 522. The number of rotatable bonds is 7. The molecule has 0 aliphatic heterocycles.